The van der Waals surface area contributed by atoms with Crippen LogP contribution < -0.4 is 9.46 Å². The van der Waals surface area contributed by atoms with E-state index in [4.69, 9.17) is 4.74 Å². The van der Waals surface area contributed by atoms with Crippen LogP contribution in [0.2, 0.25) is 0 Å². The summed E-state index contributed by atoms with van der Waals surface area (Å²) in [5, 5.41) is 1.00. The molecule has 50 heavy (non-hydrogen) atoms. The summed E-state index contributed by atoms with van der Waals surface area (Å²) < 4.78 is 37.0. The van der Waals surface area contributed by atoms with Gasteiger partial charge in [-0.3, -0.25) is 14.4 Å². The third-order valence-corrected chi connectivity index (χ3v) is 13.6. The highest BCUT2D eigenvalue weighted by atomic mass is 32.2. The van der Waals surface area contributed by atoms with Crippen LogP contribution in [0.15, 0.2) is 52.6 Å². The van der Waals surface area contributed by atoms with Crippen molar-refractivity contribution in [2.75, 3.05) is 40.8 Å². The fourth-order valence-corrected chi connectivity index (χ4v) is 10.3. The van der Waals surface area contributed by atoms with E-state index in [0.29, 0.717) is 37.5 Å². The van der Waals surface area contributed by atoms with Gasteiger partial charge in [-0.1, -0.05) is 37.5 Å². The Balaban J connectivity index is 1.26. The summed E-state index contributed by atoms with van der Waals surface area (Å²) in [6.07, 6.45) is 12.4. The molecule has 3 aliphatic heterocycles. The normalized spacial score (nSPS) is 26.4. The maximum absolute atomic E-state index is 14.8. The van der Waals surface area contributed by atoms with Crippen LogP contribution >= 0.6 is 0 Å². The average molecular weight is 702 g/mol. The molecule has 3 fully saturated rings. The third-order valence-electron chi connectivity index (χ3n) is 12.2. The number of ether oxygens (including phenoxy) is 1. The van der Waals surface area contributed by atoms with E-state index >= 15 is 0 Å². The number of hydrogen-bond acceptors (Lipinski definition) is 6. The number of methoxy groups -OCH3 is 1. The number of piperidine rings is 1. The number of benzene rings is 1. The molecule has 11 nitrogen and oxygen atoms in total. The molecule has 1 aromatic heterocycles. The summed E-state index contributed by atoms with van der Waals surface area (Å²) >= 11 is 0. The lowest BCUT2D eigenvalue weighted by molar-refractivity contribution is -0.136. The molecule has 266 valence electrons. The summed E-state index contributed by atoms with van der Waals surface area (Å²) in [5.41, 5.74) is 6.23. The molecule has 3 aliphatic carbocycles. The molecule has 1 aromatic carbocycles. The molecule has 0 spiro atoms. The molecule has 4 atom stereocenters. The molecule has 1 N–H and O–H groups in total. The smallest absolute Gasteiger partial charge is 0.303 e. The zero-order valence-electron chi connectivity index (χ0n) is 29.4. The van der Waals surface area contributed by atoms with Gasteiger partial charge in [-0.05, 0) is 78.4 Å². The van der Waals surface area contributed by atoms with E-state index in [1.165, 1.54) is 38.9 Å². The molecule has 8 rings (SSSR count). The Morgan fingerprint density at radius 1 is 1.02 bits per heavy atom. The van der Waals surface area contributed by atoms with Crippen molar-refractivity contribution in [2.24, 2.45) is 11.8 Å². The molecule has 3 unspecified atom stereocenters. The Labute approximate surface area is 294 Å². The number of nitrogens with zero attached hydrogens (tertiary/aromatic N) is 4. The van der Waals surface area contributed by atoms with Crippen molar-refractivity contribution < 1.29 is 27.5 Å². The quantitative estimate of drug-likeness (QED) is 0.478. The fourth-order valence-electron chi connectivity index (χ4n) is 9.75. The predicted molar refractivity (Wildman–Crippen MR) is 190 cm³/mol. The van der Waals surface area contributed by atoms with Gasteiger partial charge in [-0.15, -0.1) is 0 Å². The summed E-state index contributed by atoms with van der Waals surface area (Å²) in [6, 6.07) is 6.50. The van der Waals surface area contributed by atoms with E-state index in [-0.39, 0.29) is 29.7 Å². The number of fused-ring (bicyclic) bond motifs is 7. The summed E-state index contributed by atoms with van der Waals surface area (Å²) in [4.78, 5) is 45.0. The number of aromatic nitrogens is 1. The van der Waals surface area contributed by atoms with Crippen molar-refractivity contribution in [2.45, 2.75) is 82.7 Å². The largest absolute Gasteiger partial charge is 0.496 e. The fraction of sp³-hybridized carbons (Fsp3) is 0.553. The molecule has 1 saturated carbocycles. The number of carbonyl (C=O) groups is 3. The highest BCUT2D eigenvalue weighted by molar-refractivity contribution is 7.87. The van der Waals surface area contributed by atoms with Crippen LogP contribution in [0, 0.1) is 11.8 Å². The Hall–Kier alpha value is -3.90. The first-order valence-electron chi connectivity index (χ1n) is 18.1. The first-order valence-corrected chi connectivity index (χ1v) is 19.6. The van der Waals surface area contributed by atoms with Gasteiger partial charge in [0.25, 0.3) is 5.91 Å². The van der Waals surface area contributed by atoms with Crippen molar-refractivity contribution >= 4 is 38.8 Å². The molecule has 3 amide bonds. The second-order valence-corrected chi connectivity index (χ2v) is 17.0. The van der Waals surface area contributed by atoms with Crippen LogP contribution in [0.1, 0.15) is 81.4 Å². The molecule has 0 bridgehead atoms. The van der Waals surface area contributed by atoms with E-state index in [2.05, 4.69) is 27.5 Å². The maximum atomic E-state index is 14.8. The van der Waals surface area contributed by atoms with Gasteiger partial charge >= 0.3 is 10.2 Å². The Kier molecular flexibility index (Phi) is 8.25. The predicted octanol–water partition coefficient (Wildman–Crippen LogP) is 4.37. The van der Waals surface area contributed by atoms with E-state index in [9.17, 15) is 22.8 Å². The van der Waals surface area contributed by atoms with Crippen LogP contribution in [0.3, 0.4) is 0 Å². The van der Waals surface area contributed by atoms with Gasteiger partial charge in [0.05, 0.1) is 30.2 Å². The van der Waals surface area contributed by atoms with Crippen LogP contribution in [-0.4, -0.2) is 91.7 Å². The lowest BCUT2D eigenvalue weighted by atomic mass is 9.76. The first kappa shape index (κ1) is 33.3. The van der Waals surface area contributed by atoms with Gasteiger partial charge < -0.3 is 19.1 Å². The monoisotopic (exact) mass is 701 g/mol. The number of carbonyl (C=O) groups excluding carboxylic acids is 3. The number of likely N-dealkylation sites (tertiary alicyclic amines) is 2. The van der Waals surface area contributed by atoms with E-state index in [1.54, 1.807) is 14.0 Å². The highest BCUT2D eigenvalue weighted by Gasteiger charge is 2.50. The second kappa shape index (κ2) is 12.4. The SMILES string of the molecule is COc1ccc(C2CCCCC2)c2c1cc1n2CC2=C(C(=O)NS(=O)(=O)N(C)C)C2=C2C=CC[C@@H](C(=O)N3CC4CCCN(C(C)=O)C4C3)C21. The molecular formula is C38H47N5O6S. The van der Waals surface area contributed by atoms with Gasteiger partial charge in [0.2, 0.25) is 11.8 Å². The molecular weight excluding hydrogens is 655 g/mol. The lowest BCUT2D eigenvalue weighted by Crippen LogP contribution is -2.47. The zero-order chi connectivity index (χ0) is 35.1. The van der Waals surface area contributed by atoms with Gasteiger partial charge in [0, 0.05) is 64.2 Å². The molecule has 2 aromatic rings. The van der Waals surface area contributed by atoms with Crippen LogP contribution in [-0.2, 0) is 31.1 Å². The van der Waals surface area contributed by atoms with Crippen molar-refractivity contribution in [1.29, 1.82) is 0 Å². The van der Waals surface area contributed by atoms with Crippen LogP contribution in [0.5, 0.6) is 5.75 Å². The van der Waals surface area contributed by atoms with Gasteiger partial charge in [-0.2, -0.15) is 12.7 Å². The summed E-state index contributed by atoms with van der Waals surface area (Å²) in [5.74, 6) is 0.149. The number of rotatable bonds is 6. The van der Waals surface area contributed by atoms with Crippen molar-refractivity contribution in [1.82, 2.24) is 23.4 Å². The van der Waals surface area contributed by atoms with Crippen molar-refractivity contribution in [3.8, 4) is 5.75 Å². The lowest BCUT2D eigenvalue weighted by Gasteiger charge is -2.36. The van der Waals surface area contributed by atoms with Crippen molar-refractivity contribution in [3.05, 3.63) is 63.9 Å². The Morgan fingerprint density at radius 2 is 1.80 bits per heavy atom. The number of hydrogen-bond donors (Lipinski definition) is 1. The summed E-state index contributed by atoms with van der Waals surface area (Å²) in [7, 11) is 0.454. The maximum Gasteiger partial charge on any atom is 0.303 e. The second-order valence-electron chi connectivity index (χ2n) is 15.2. The highest BCUT2D eigenvalue weighted by Crippen LogP contribution is 2.55. The molecule has 6 aliphatic rings. The Morgan fingerprint density at radius 3 is 2.52 bits per heavy atom. The first-order chi connectivity index (χ1) is 24.0. The number of amides is 3. The minimum Gasteiger partial charge on any atom is -0.496 e. The third kappa shape index (κ3) is 5.32. The number of nitrogens with one attached hydrogen (secondary N) is 1. The van der Waals surface area contributed by atoms with Gasteiger partial charge in [0.1, 0.15) is 5.75 Å². The van der Waals surface area contributed by atoms with Gasteiger partial charge in [-0.25, -0.2) is 4.72 Å². The summed E-state index contributed by atoms with van der Waals surface area (Å²) in [6.45, 7) is 3.92. The van der Waals surface area contributed by atoms with E-state index in [0.717, 1.165) is 75.6 Å². The minimum atomic E-state index is -4.01. The van der Waals surface area contributed by atoms with Crippen LogP contribution in [0.25, 0.3) is 10.9 Å². The number of allylic oxidation sites excluding steroid dienone is 4. The Bertz CT molecular complexity index is 2000. The molecule has 12 heteroatoms. The minimum absolute atomic E-state index is 0.0377. The molecule has 2 saturated heterocycles. The zero-order valence-corrected chi connectivity index (χ0v) is 30.2. The van der Waals surface area contributed by atoms with E-state index in [1.807, 2.05) is 22.0 Å². The van der Waals surface area contributed by atoms with Gasteiger partial charge in [0.15, 0.2) is 0 Å². The average Bonchev–Trinajstić information content (AvgIpc) is 3.49. The molecule has 0 radical (unpaired) electrons. The van der Waals surface area contributed by atoms with Crippen LogP contribution in [0.4, 0.5) is 0 Å². The van der Waals surface area contributed by atoms with E-state index < -0.39 is 22.0 Å². The van der Waals surface area contributed by atoms with Crippen molar-refractivity contribution in [3.63, 3.8) is 0 Å². The standard InChI is InChI=1S/C38H47N5O6S/c1-22(44)42-17-9-12-24-19-41(21-31(24)42)38(46)27-14-8-13-26-33(27)30-18-28-32(49-4)16-15-25(23-10-6-5-7-11-23)36(28)43(30)20-29-34(26)35(29)37(45)39-50(47,48)40(2)3/h8,13,15-16,18,23-24,27,31,33H,5-7,9-12,14,17,19-21H2,1-4H3,(H,39,45)/t24?,27-,31?,33?/m1/s1. The molecule has 4 heterocycles. The topological polar surface area (TPSA) is 121 Å².